The molecule has 0 aliphatic carbocycles. The minimum atomic E-state index is -4.21. The van der Waals surface area contributed by atoms with E-state index < -0.39 is 21.9 Å². The molecule has 1 N–H and O–H groups in total. The van der Waals surface area contributed by atoms with Crippen LogP contribution >= 0.6 is 11.6 Å². The Morgan fingerprint density at radius 1 is 1.06 bits per heavy atom. The van der Waals surface area contributed by atoms with E-state index in [4.69, 9.17) is 20.9 Å². The molecule has 0 atom stereocenters. The van der Waals surface area contributed by atoms with Crippen LogP contribution in [0.2, 0.25) is 5.02 Å². The molecule has 0 radical (unpaired) electrons. The van der Waals surface area contributed by atoms with Crippen LogP contribution in [0.5, 0.6) is 0 Å². The molecule has 0 aromatic heterocycles. The second-order valence-electron chi connectivity index (χ2n) is 7.43. The molecule has 0 amide bonds. The molecule has 0 aliphatic rings. The van der Waals surface area contributed by atoms with E-state index in [1.165, 1.54) is 30.3 Å². The van der Waals surface area contributed by atoms with E-state index in [-0.39, 0.29) is 15.7 Å². The fraction of sp³-hybridized carbons (Fsp3) is 0.115. The summed E-state index contributed by atoms with van der Waals surface area (Å²) >= 11 is 6.29. The number of carboxylic acids is 1. The Hall–Kier alpha value is -3.42. The molecule has 34 heavy (non-hydrogen) atoms. The number of rotatable bonds is 8. The zero-order valence-corrected chi connectivity index (χ0v) is 20.0. The van der Waals surface area contributed by atoms with Crippen molar-refractivity contribution in [3.8, 4) is 0 Å². The average molecular weight is 501 g/mol. The Morgan fingerprint density at radius 2 is 1.71 bits per heavy atom. The molecule has 0 saturated heterocycles. The first kappa shape index (κ1) is 25.2. The van der Waals surface area contributed by atoms with Gasteiger partial charge in [0.2, 0.25) is 0 Å². The number of aryl methyl sites for hydroxylation is 1. The minimum absolute atomic E-state index is 0.0164. The van der Waals surface area contributed by atoms with Gasteiger partial charge >= 0.3 is 16.1 Å². The summed E-state index contributed by atoms with van der Waals surface area (Å²) in [7, 11) is -4.21. The molecule has 176 valence electrons. The molecular formula is C26H22ClFO5S. The molecule has 8 heteroatoms. The van der Waals surface area contributed by atoms with E-state index in [0.29, 0.717) is 28.7 Å². The van der Waals surface area contributed by atoms with Crippen LogP contribution in [0.3, 0.4) is 0 Å². The van der Waals surface area contributed by atoms with E-state index >= 15 is 0 Å². The molecule has 0 saturated carbocycles. The average Bonchev–Trinajstić information content (AvgIpc) is 2.79. The van der Waals surface area contributed by atoms with Gasteiger partial charge in [0.05, 0.1) is 5.02 Å². The van der Waals surface area contributed by atoms with Crippen molar-refractivity contribution in [3.63, 3.8) is 0 Å². The van der Waals surface area contributed by atoms with Gasteiger partial charge in [0.25, 0.3) is 0 Å². The number of carbonyl (C=O) groups is 1. The van der Waals surface area contributed by atoms with Gasteiger partial charge in [0.15, 0.2) is 5.76 Å². The third-order valence-electron chi connectivity index (χ3n) is 4.98. The third-order valence-corrected chi connectivity index (χ3v) is 6.53. The maximum atomic E-state index is 13.7. The van der Waals surface area contributed by atoms with Crippen LogP contribution in [0.4, 0.5) is 4.39 Å². The number of hydrogen-bond acceptors (Lipinski definition) is 4. The van der Waals surface area contributed by atoms with Gasteiger partial charge < -0.3 is 9.29 Å². The van der Waals surface area contributed by atoms with Crippen LogP contribution in [0.1, 0.15) is 35.6 Å². The van der Waals surface area contributed by atoms with E-state index in [1.807, 2.05) is 6.92 Å². The number of allylic oxidation sites excluding steroid dienone is 1. The van der Waals surface area contributed by atoms with Crippen LogP contribution in [-0.4, -0.2) is 19.5 Å². The lowest BCUT2D eigenvalue weighted by atomic mass is 9.98. The first-order chi connectivity index (χ1) is 16.1. The smallest absolute Gasteiger partial charge is 0.339 e. The Morgan fingerprint density at radius 3 is 2.26 bits per heavy atom. The minimum Gasteiger partial charge on any atom is -0.478 e. The molecule has 0 aliphatic heterocycles. The van der Waals surface area contributed by atoms with Gasteiger partial charge in [0.1, 0.15) is 10.7 Å². The summed E-state index contributed by atoms with van der Waals surface area (Å²) in [5.74, 6) is -1.56. The van der Waals surface area contributed by atoms with Crippen molar-refractivity contribution in [2.75, 3.05) is 0 Å². The van der Waals surface area contributed by atoms with Crippen LogP contribution in [0.15, 0.2) is 77.7 Å². The van der Waals surface area contributed by atoms with Crippen LogP contribution in [0, 0.1) is 12.7 Å². The molecule has 3 aromatic carbocycles. The quantitative estimate of drug-likeness (QED) is 0.164. The predicted molar refractivity (Wildman–Crippen MR) is 131 cm³/mol. The van der Waals surface area contributed by atoms with E-state index in [2.05, 4.69) is 0 Å². The van der Waals surface area contributed by atoms with Crippen molar-refractivity contribution in [2.24, 2.45) is 0 Å². The molecule has 0 heterocycles. The van der Waals surface area contributed by atoms with Gasteiger partial charge in [-0.2, -0.15) is 8.42 Å². The summed E-state index contributed by atoms with van der Waals surface area (Å²) in [5, 5.41) is 8.94. The molecular weight excluding hydrogens is 479 g/mol. The monoisotopic (exact) mass is 500 g/mol. The van der Waals surface area contributed by atoms with Crippen molar-refractivity contribution in [1.29, 1.82) is 0 Å². The summed E-state index contributed by atoms with van der Waals surface area (Å²) in [6, 6.07) is 16.6. The SMILES string of the molecule is CCC(=C(OS(=O)(=O)c1ccc(C)cc1)c1ccc(C=CC(=O)O)cc1)c1ccc(F)cc1Cl. The van der Waals surface area contributed by atoms with Gasteiger partial charge in [-0.3, -0.25) is 0 Å². The lowest BCUT2D eigenvalue weighted by Crippen LogP contribution is -2.08. The zero-order chi connectivity index (χ0) is 24.9. The fourth-order valence-electron chi connectivity index (χ4n) is 3.26. The van der Waals surface area contributed by atoms with Crippen molar-refractivity contribution >= 4 is 45.1 Å². The fourth-order valence-corrected chi connectivity index (χ4v) is 4.52. The number of carboxylic acid groups (broad SMARTS) is 1. The van der Waals surface area contributed by atoms with Crippen LogP contribution < -0.4 is 0 Å². The van der Waals surface area contributed by atoms with E-state index in [0.717, 1.165) is 17.7 Å². The highest BCUT2D eigenvalue weighted by molar-refractivity contribution is 7.87. The highest BCUT2D eigenvalue weighted by Crippen LogP contribution is 2.36. The van der Waals surface area contributed by atoms with Crippen molar-refractivity contribution in [3.05, 3.63) is 106 Å². The maximum absolute atomic E-state index is 13.7. The zero-order valence-electron chi connectivity index (χ0n) is 18.5. The number of halogens is 2. The Balaban J connectivity index is 2.17. The molecule has 0 unspecified atom stereocenters. The Bertz CT molecular complexity index is 1360. The summed E-state index contributed by atoms with van der Waals surface area (Å²) in [6.07, 6.45) is 2.75. The van der Waals surface area contributed by atoms with Crippen LogP contribution in [0.25, 0.3) is 17.4 Å². The van der Waals surface area contributed by atoms with Crippen molar-refractivity contribution in [2.45, 2.75) is 25.2 Å². The molecule has 0 fully saturated rings. The van der Waals surface area contributed by atoms with Gasteiger partial charge in [-0.15, -0.1) is 0 Å². The second-order valence-corrected chi connectivity index (χ2v) is 9.38. The lowest BCUT2D eigenvalue weighted by molar-refractivity contribution is -0.131. The van der Waals surface area contributed by atoms with Gasteiger partial charge in [-0.1, -0.05) is 66.6 Å². The lowest BCUT2D eigenvalue weighted by Gasteiger charge is -2.17. The van der Waals surface area contributed by atoms with Crippen molar-refractivity contribution < 1.29 is 26.9 Å². The Kier molecular flexibility index (Phi) is 7.91. The van der Waals surface area contributed by atoms with Gasteiger partial charge in [0, 0.05) is 22.8 Å². The highest BCUT2D eigenvalue weighted by Gasteiger charge is 2.23. The summed E-state index contributed by atoms with van der Waals surface area (Å²) in [6.45, 7) is 3.65. The van der Waals surface area contributed by atoms with Gasteiger partial charge in [-0.25, -0.2) is 9.18 Å². The second kappa shape index (κ2) is 10.7. The highest BCUT2D eigenvalue weighted by atomic mass is 35.5. The predicted octanol–water partition coefficient (Wildman–Crippen LogP) is 6.57. The normalized spacial score (nSPS) is 12.5. The number of aliphatic carboxylic acids is 1. The van der Waals surface area contributed by atoms with E-state index in [9.17, 15) is 17.6 Å². The molecule has 3 aromatic rings. The van der Waals surface area contributed by atoms with E-state index in [1.54, 1.807) is 43.3 Å². The standard InChI is InChI=1S/C26H22ClFO5S/c1-3-22(23-14-11-20(28)16-24(23)27)26(19-9-6-18(7-10-19)8-15-25(29)30)33-34(31,32)21-12-4-17(2)5-13-21/h4-16H,3H2,1-2H3,(H,29,30). The molecule has 0 bridgehead atoms. The largest absolute Gasteiger partial charge is 0.478 e. The Labute approximate surface area is 202 Å². The van der Waals surface area contributed by atoms with Crippen molar-refractivity contribution in [1.82, 2.24) is 0 Å². The van der Waals surface area contributed by atoms with Crippen LogP contribution in [-0.2, 0) is 19.1 Å². The first-order valence-electron chi connectivity index (χ1n) is 10.3. The summed E-state index contributed by atoms with van der Waals surface area (Å²) in [5.41, 5.74) is 2.83. The first-order valence-corrected chi connectivity index (χ1v) is 12.1. The number of benzene rings is 3. The maximum Gasteiger partial charge on any atom is 0.339 e. The topological polar surface area (TPSA) is 80.7 Å². The number of hydrogen-bond donors (Lipinski definition) is 1. The molecule has 0 spiro atoms. The summed E-state index contributed by atoms with van der Waals surface area (Å²) in [4.78, 5) is 10.8. The third kappa shape index (κ3) is 6.12. The molecule has 5 nitrogen and oxygen atoms in total. The molecule has 3 rings (SSSR count). The summed E-state index contributed by atoms with van der Waals surface area (Å²) < 4.78 is 45.6. The van der Waals surface area contributed by atoms with Gasteiger partial charge in [-0.05, 0) is 49.2 Å².